The predicted molar refractivity (Wildman–Crippen MR) is 146 cm³/mol. The number of rotatable bonds is 8. The lowest BCUT2D eigenvalue weighted by Gasteiger charge is -2.11. The number of esters is 1. The lowest BCUT2D eigenvalue weighted by atomic mass is 9.96. The van der Waals surface area contributed by atoms with Crippen molar-refractivity contribution in [2.24, 2.45) is 0 Å². The quantitative estimate of drug-likeness (QED) is 0.276. The van der Waals surface area contributed by atoms with Gasteiger partial charge in [0.15, 0.2) is 0 Å². The molecule has 1 aliphatic rings. The lowest BCUT2D eigenvalue weighted by Crippen LogP contribution is -2.16. The van der Waals surface area contributed by atoms with Crippen molar-refractivity contribution in [3.8, 4) is 0 Å². The van der Waals surface area contributed by atoms with Crippen LogP contribution in [0.2, 0.25) is 0 Å². The molecule has 2 aromatic carbocycles. The topological polar surface area (TPSA) is 84.5 Å². The summed E-state index contributed by atoms with van der Waals surface area (Å²) in [6.45, 7) is 0. The number of amides is 2. The van der Waals surface area contributed by atoms with Crippen LogP contribution in [-0.4, -0.2) is 30.6 Å². The first-order chi connectivity index (χ1) is 17.5. The second kappa shape index (κ2) is 12.7. The van der Waals surface area contributed by atoms with Crippen LogP contribution in [0, 0.1) is 0 Å². The molecule has 1 aromatic heterocycles. The summed E-state index contributed by atoms with van der Waals surface area (Å²) in [6.07, 6.45) is 6.54. The van der Waals surface area contributed by atoms with Gasteiger partial charge in [0, 0.05) is 15.5 Å². The van der Waals surface area contributed by atoms with Gasteiger partial charge in [-0.1, -0.05) is 49.2 Å². The van der Waals surface area contributed by atoms with Gasteiger partial charge < -0.3 is 15.4 Å². The molecule has 188 valence electrons. The molecule has 1 heterocycles. The Balaban J connectivity index is 1.37. The second-order valence-corrected chi connectivity index (χ2v) is 10.8. The number of thioether (sulfide) groups is 1. The summed E-state index contributed by atoms with van der Waals surface area (Å²) in [5.74, 6) is -0.484. The first kappa shape index (κ1) is 26.0. The number of benzene rings is 2. The highest BCUT2D eigenvalue weighted by molar-refractivity contribution is 8.00. The van der Waals surface area contributed by atoms with Gasteiger partial charge >= 0.3 is 5.97 Å². The molecule has 0 bridgehead atoms. The van der Waals surface area contributed by atoms with Crippen molar-refractivity contribution in [3.63, 3.8) is 0 Å². The number of hydrogen-bond donors (Lipinski definition) is 2. The normalized spacial score (nSPS) is 13.1. The minimum absolute atomic E-state index is 0.0929. The number of methoxy groups -OCH3 is 1. The van der Waals surface area contributed by atoms with Gasteiger partial charge in [-0.2, -0.15) is 0 Å². The molecule has 2 amide bonds. The Bertz CT molecular complexity index is 1220. The van der Waals surface area contributed by atoms with Crippen LogP contribution in [0.25, 0.3) is 0 Å². The zero-order valence-corrected chi connectivity index (χ0v) is 21.9. The van der Waals surface area contributed by atoms with E-state index in [-0.39, 0.29) is 17.6 Å². The molecule has 6 nitrogen and oxygen atoms in total. The largest absolute Gasteiger partial charge is 0.465 e. The van der Waals surface area contributed by atoms with Crippen molar-refractivity contribution in [3.05, 3.63) is 76.2 Å². The molecule has 1 aliphatic carbocycles. The van der Waals surface area contributed by atoms with Crippen LogP contribution in [0.4, 0.5) is 10.7 Å². The molecule has 0 spiro atoms. The Morgan fingerprint density at radius 2 is 1.69 bits per heavy atom. The van der Waals surface area contributed by atoms with Gasteiger partial charge in [-0.15, -0.1) is 23.1 Å². The van der Waals surface area contributed by atoms with E-state index < -0.39 is 5.97 Å². The molecular formula is C28H30N2O4S2. The number of anilines is 2. The van der Waals surface area contributed by atoms with Crippen LogP contribution in [0.1, 0.15) is 52.0 Å². The third kappa shape index (κ3) is 6.98. The molecular weight excluding hydrogens is 492 g/mol. The van der Waals surface area contributed by atoms with E-state index in [9.17, 15) is 14.4 Å². The van der Waals surface area contributed by atoms with E-state index >= 15 is 0 Å². The van der Waals surface area contributed by atoms with Gasteiger partial charge in [0.05, 0.1) is 24.8 Å². The molecule has 0 fully saturated rings. The van der Waals surface area contributed by atoms with Crippen molar-refractivity contribution in [2.75, 3.05) is 23.5 Å². The van der Waals surface area contributed by atoms with E-state index in [0.717, 1.165) is 48.1 Å². The average molecular weight is 523 g/mol. The fourth-order valence-electron chi connectivity index (χ4n) is 4.29. The summed E-state index contributed by atoms with van der Waals surface area (Å²) in [4.78, 5) is 39.8. The fraction of sp³-hybridized carbons (Fsp3) is 0.321. The summed E-state index contributed by atoms with van der Waals surface area (Å²) in [5, 5.41) is 6.46. The molecule has 3 aromatic rings. The predicted octanol–water partition coefficient (Wildman–Crippen LogP) is 6.11. The monoisotopic (exact) mass is 522 g/mol. The van der Waals surface area contributed by atoms with Crippen molar-refractivity contribution in [1.82, 2.24) is 0 Å². The van der Waals surface area contributed by atoms with E-state index in [1.54, 1.807) is 0 Å². The minimum atomic E-state index is -0.394. The Labute approximate surface area is 219 Å². The number of carbonyl (C=O) groups excluding carboxylic acids is 3. The third-order valence-corrected chi connectivity index (χ3v) is 8.21. The number of thiophene rings is 1. The Morgan fingerprint density at radius 3 is 2.47 bits per heavy atom. The van der Waals surface area contributed by atoms with E-state index in [2.05, 4.69) is 10.6 Å². The van der Waals surface area contributed by atoms with Gasteiger partial charge in [0.2, 0.25) is 11.8 Å². The van der Waals surface area contributed by atoms with Crippen LogP contribution in [0.3, 0.4) is 0 Å². The maximum absolute atomic E-state index is 12.8. The SMILES string of the molecule is COC(=O)c1c(NC(=O)CSc2cccc(NC(=O)Cc3ccccc3)c2)sc2c1CCCCCC2. The van der Waals surface area contributed by atoms with E-state index in [4.69, 9.17) is 4.74 Å². The minimum Gasteiger partial charge on any atom is -0.465 e. The highest BCUT2D eigenvalue weighted by atomic mass is 32.2. The third-order valence-electron chi connectivity index (χ3n) is 6.01. The average Bonchev–Trinajstić information content (AvgIpc) is 3.18. The van der Waals surface area contributed by atoms with Crippen molar-refractivity contribution < 1.29 is 19.1 Å². The molecule has 0 saturated heterocycles. The zero-order chi connectivity index (χ0) is 25.3. The van der Waals surface area contributed by atoms with Crippen LogP contribution in [-0.2, 0) is 33.6 Å². The molecule has 4 rings (SSSR count). The van der Waals surface area contributed by atoms with Crippen LogP contribution < -0.4 is 10.6 Å². The Morgan fingerprint density at radius 1 is 0.917 bits per heavy atom. The molecule has 0 unspecified atom stereocenters. The standard InChI is InChI=1S/C28H30N2O4S2/c1-34-28(33)26-22-14-7-2-3-8-15-23(22)36-27(26)30-25(32)18-35-21-13-9-12-20(17-21)29-24(31)16-19-10-5-4-6-11-19/h4-6,9-13,17H,2-3,7-8,14-16,18H2,1H3,(H,29,31)(H,30,32). The van der Waals surface area contributed by atoms with Gasteiger partial charge in [0.25, 0.3) is 0 Å². The summed E-state index contributed by atoms with van der Waals surface area (Å²) in [7, 11) is 1.38. The van der Waals surface area contributed by atoms with Gasteiger partial charge in [-0.3, -0.25) is 9.59 Å². The molecule has 0 saturated carbocycles. The summed E-state index contributed by atoms with van der Waals surface area (Å²) in [5.41, 5.74) is 3.19. The number of carbonyl (C=O) groups is 3. The van der Waals surface area contributed by atoms with E-state index in [1.807, 2.05) is 54.6 Å². The molecule has 0 atom stereocenters. The number of ether oxygens (including phenoxy) is 1. The van der Waals surface area contributed by atoms with Gasteiger partial charge in [0.1, 0.15) is 5.00 Å². The number of fused-ring (bicyclic) bond motifs is 1. The molecule has 0 aliphatic heterocycles. The van der Waals surface area contributed by atoms with Crippen LogP contribution in [0.15, 0.2) is 59.5 Å². The first-order valence-electron chi connectivity index (χ1n) is 12.1. The first-order valence-corrected chi connectivity index (χ1v) is 13.9. The van der Waals surface area contributed by atoms with Crippen LogP contribution >= 0.6 is 23.1 Å². The summed E-state index contributed by atoms with van der Waals surface area (Å²) in [6, 6.07) is 17.0. The highest BCUT2D eigenvalue weighted by Gasteiger charge is 2.25. The highest BCUT2D eigenvalue weighted by Crippen LogP contribution is 2.37. The van der Waals surface area contributed by atoms with Gasteiger partial charge in [-0.05, 0) is 55.0 Å². The van der Waals surface area contributed by atoms with Crippen molar-refractivity contribution in [1.29, 1.82) is 0 Å². The van der Waals surface area contributed by atoms with Crippen molar-refractivity contribution in [2.45, 2.75) is 49.8 Å². The molecule has 8 heteroatoms. The molecule has 0 radical (unpaired) electrons. The van der Waals surface area contributed by atoms with E-state index in [0.29, 0.717) is 22.7 Å². The van der Waals surface area contributed by atoms with Crippen molar-refractivity contribution >= 4 is 51.6 Å². The molecule has 36 heavy (non-hydrogen) atoms. The second-order valence-electron chi connectivity index (χ2n) is 8.69. The van der Waals surface area contributed by atoms with Gasteiger partial charge in [-0.25, -0.2) is 4.79 Å². The van der Waals surface area contributed by atoms with E-state index in [1.165, 1.54) is 41.5 Å². The zero-order valence-electron chi connectivity index (χ0n) is 20.3. The summed E-state index contributed by atoms with van der Waals surface area (Å²) >= 11 is 2.88. The Kier molecular flexibility index (Phi) is 9.19. The lowest BCUT2D eigenvalue weighted by molar-refractivity contribution is -0.115. The number of hydrogen-bond acceptors (Lipinski definition) is 6. The fourth-order valence-corrected chi connectivity index (χ4v) is 6.34. The maximum Gasteiger partial charge on any atom is 0.341 e. The Hall–Kier alpha value is -3.10. The number of nitrogens with one attached hydrogen (secondary N) is 2. The number of aryl methyl sites for hydroxylation is 1. The summed E-state index contributed by atoms with van der Waals surface area (Å²) < 4.78 is 5.04. The van der Waals surface area contributed by atoms with Crippen LogP contribution in [0.5, 0.6) is 0 Å². The smallest absolute Gasteiger partial charge is 0.341 e. The maximum atomic E-state index is 12.8. The molecule has 2 N–H and O–H groups in total.